The van der Waals surface area contributed by atoms with Crippen LogP contribution < -0.4 is 15.9 Å². The van der Waals surface area contributed by atoms with E-state index in [9.17, 15) is 9.59 Å². The number of hydrogen-bond donors (Lipinski definition) is 0. The molecule has 0 aliphatic rings. The van der Waals surface area contributed by atoms with Gasteiger partial charge in [-0.25, -0.2) is 4.68 Å². The number of aromatic nitrogens is 2. The molecule has 0 saturated heterocycles. The van der Waals surface area contributed by atoms with Gasteiger partial charge in [0.2, 0.25) is 0 Å². The molecule has 0 bridgehead atoms. The first kappa shape index (κ1) is 15.1. The zero-order chi connectivity index (χ0) is 15.9. The molecule has 2 rings (SSSR count). The van der Waals surface area contributed by atoms with Crippen molar-refractivity contribution in [1.29, 1.82) is 0 Å². The largest absolute Gasteiger partial charge is 0.490 e. The first-order valence-electron chi connectivity index (χ1n) is 6.72. The maximum atomic E-state index is 12.6. The zero-order valence-corrected chi connectivity index (χ0v) is 13.3. The molecule has 0 fully saturated rings. The number of methoxy groups -OCH3 is 1. The molecule has 0 atom stereocenters. The fraction of sp³-hybridized carbons (Fsp3) is 0.375. The first-order valence-corrected chi connectivity index (χ1v) is 6.72. The topological polar surface area (TPSA) is 53.2 Å². The van der Waals surface area contributed by atoms with Crippen molar-refractivity contribution < 1.29 is 4.74 Å². The summed E-state index contributed by atoms with van der Waals surface area (Å²) >= 11 is 0. The van der Waals surface area contributed by atoms with Crippen molar-refractivity contribution in [3.8, 4) is 16.9 Å². The average molecular weight is 288 g/mol. The van der Waals surface area contributed by atoms with Crippen LogP contribution in [0.4, 0.5) is 0 Å². The molecule has 0 unspecified atom stereocenters. The number of hydrogen-bond acceptors (Lipinski definition) is 3. The standard InChI is InChI=1S/C16H20N2O3/c1-9-7-10(2)12(11(3)8-9)13-14(21-6)16(20)18(5)17(4)15(13)19/h7-8H,1-6H3. The fourth-order valence-corrected chi connectivity index (χ4v) is 2.77. The van der Waals surface area contributed by atoms with Crippen molar-refractivity contribution in [1.82, 2.24) is 9.36 Å². The fourth-order valence-electron chi connectivity index (χ4n) is 2.77. The highest BCUT2D eigenvalue weighted by Gasteiger charge is 2.21. The quantitative estimate of drug-likeness (QED) is 0.845. The summed E-state index contributed by atoms with van der Waals surface area (Å²) in [6.07, 6.45) is 0. The summed E-state index contributed by atoms with van der Waals surface area (Å²) in [5.74, 6) is 0.0932. The second-order valence-electron chi connectivity index (χ2n) is 5.34. The van der Waals surface area contributed by atoms with Crippen molar-refractivity contribution in [2.24, 2.45) is 14.1 Å². The van der Waals surface area contributed by atoms with Crippen LogP contribution in [-0.2, 0) is 14.1 Å². The van der Waals surface area contributed by atoms with Crippen LogP contribution >= 0.6 is 0 Å². The molecule has 0 aliphatic carbocycles. The second-order valence-corrected chi connectivity index (χ2v) is 5.34. The maximum Gasteiger partial charge on any atom is 0.308 e. The summed E-state index contributed by atoms with van der Waals surface area (Å²) in [6.45, 7) is 5.88. The van der Waals surface area contributed by atoms with E-state index in [1.807, 2.05) is 32.9 Å². The molecule has 2 aromatic rings. The molecule has 0 saturated carbocycles. The van der Waals surface area contributed by atoms with Gasteiger partial charge in [-0.3, -0.25) is 14.3 Å². The number of ether oxygens (including phenoxy) is 1. The minimum Gasteiger partial charge on any atom is -0.490 e. The van der Waals surface area contributed by atoms with Crippen molar-refractivity contribution in [2.45, 2.75) is 20.8 Å². The van der Waals surface area contributed by atoms with Gasteiger partial charge in [-0.15, -0.1) is 0 Å². The lowest BCUT2D eigenvalue weighted by Crippen LogP contribution is -2.37. The Bertz CT molecular complexity index is 806. The van der Waals surface area contributed by atoms with Gasteiger partial charge in [0, 0.05) is 14.1 Å². The summed E-state index contributed by atoms with van der Waals surface area (Å²) in [5.41, 5.74) is 3.56. The zero-order valence-electron chi connectivity index (χ0n) is 13.3. The molecule has 0 amide bonds. The van der Waals surface area contributed by atoms with Crippen LogP contribution in [0.15, 0.2) is 21.7 Å². The molecule has 5 heteroatoms. The van der Waals surface area contributed by atoms with Crippen molar-refractivity contribution in [3.05, 3.63) is 49.5 Å². The van der Waals surface area contributed by atoms with Gasteiger partial charge >= 0.3 is 5.56 Å². The molecular weight excluding hydrogens is 268 g/mol. The van der Waals surface area contributed by atoms with E-state index < -0.39 is 0 Å². The third kappa shape index (κ3) is 2.28. The van der Waals surface area contributed by atoms with Gasteiger partial charge in [0.1, 0.15) is 0 Å². The van der Waals surface area contributed by atoms with E-state index in [-0.39, 0.29) is 16.9 Å². The summed E-state index contributed by atoms with van der Waals surface area (Å²) in [7, 11) is 4.54. The third-order valence-electron chi connectivity index (χ3n) is 3.80. The number of rotatable bonds is 2. The van der Waals surface area contributed by atoms with Gasteiger partial charge in [-0.2, -0.15) is 0 Å². The van der Waals surface area contributed by atoms with Gasteiger partial charge in [-0.05, 0) is 37.5 Å². The van der Waals surface area contributed by atoms with Crippen LogP contribution in [0.25, 0.3) is 11.1 Å². The Morgan fingerprint density at radius 3 is 1.81 bits per heavy atom. The Balaban J connectivity index is 3.02. The second kappa shape index (κ2) is 5.24. The minimum atomic E-state index is -0.325. The number of aryl methyl sites for hydroxylation is 3. The monoisotopic (exact) mass is 288 g/mol. The highest BCUT2D eigenvalue weighted by atomic mass is 16.5. The molecular formula is C16H20N2O3. The summed E-state index contributed by atoms with van der Waals surface area (Å²) < 4.78 is 7.80. The molecule has 21 heavy (non-hydrogen) atoms. The summed E-state index contributed by atoms with van der Waals surface area (Å²) in [6, 6.07) is 4.00. The highest BCUT2D eigenvalue weighted by molar-refractivity contribution is 5.75. The molecule has 0 aliphatic heterocycles. The van der Waals surface area contributed by atoms with Crippen LogP contribution in [0, 0.1) is 20.8 Å². The smallest absolute Gasteiger partial charge is 0.308 e. The summed E-state index contributed by atoms with van der Waals surface area (Å²) in [5, 5.41) is 0. The molecule has 0 spiro atoms. The third-order valence-corrected chi connectivity index (χ3v) is 3.80. The summed E-state index contributed by atoms with van der Waals surface area (Å²) in [4.78, 5) is 25.0. The van der Waals surface area contributed by atoms with Gasteiger partial charge in [0.05, 0.1) is 12.7 Å². The molecule has 112 valence electrons. The lowest BCUT2D eigenvalue weighted by molar-refractivity contribution is 0.392. The van der Waals surface area contributed by atoms with Crippen LogP contribution in [0.1, 0.15) is 16.7 Å². The normalized spacial score (nSPS) is 10.8. The Morgan fingerprint density at radius 1 is 0.857 bits per heavy atom. The SMILES string of the molecule is COc1c(-c2c(C)cc(C)cc2C)c(=O)n(C)n(C)c1=O. The Morgan fingerprint density at radius 2 is 1.33 bits per heavy atom. The maximum absolute atomic E-state index is 12.6. The van der Waals surface area contributed by atoms with E-state index in [0.29, 0.717) is 5.56 Å². The Hall–Kier alpha value is -2.30. The van der Waals surface area contributed by atoms with Gasteiger partial charge < -0.3 is 4.74 Å². The molecule has 1 aromatic carbocycles. The predicted octanol–water partition coefficient (Wildman–Crippen LogP) is 1.68. The number of benzene rings is 1. The van der Waals surface area contributed by atoms with Crippen LogP contribution in [0.3, 0.4) is 0 Å². The molecule has 1 aromatic heterocycles. The van der Waals surface area contributed by atoms with E-state index in [2.05, 4.69) is 0 Å². The van der Waals surface area contributed by atoms with Crippen molar-refractivity contribution in [2.75, 3.05) is 7.11 Å². The molecule has 0 radical (unpaired) electrons. The van der Waals surface area contributed by atoms with Crippen LogP contribution in [0.2, 0.25) is 0 Å². The lowest BCUT2D eigenvalue weighted by atomic mass is 9.94. The first-order chi connectivity index (χ1) is 9.79. The Labute approximate surface area is 123 Å². The molecule has 0 N–H and O–H groups in total. The average Bonchev–Trinajstić information content (AvgIpc) is 2.41. The van der Waals surface area contributed by atoms with E-state index in [1.165, 1.54) is 16.5 Å². The Kier molecular flexibility index (Phi) is 3.77. The van der Waals surface area contributed by atoms with Crippen LogP contribution in [0.5, 0.6) is 5.75 Å². The van der Waals surface area contributed by atoms with Gasteiger partial charge in [0.25, 0.3) is 5.56 Å². The van der Waals surface area contributed by atoms with Gasteiger partial charge in [-0.1, -0.05) is 17.7 Å². The van der Waals surface area contributed by atoms with Gasteiger partial charge in [0.15, 0.2) is 5.75 Å². The van der Waals surface area contributed by atoms with Crippen molar-refractivity contribution >= 4 is 0 Å². The van der Waals surface area contributed by atoms with Crippen molar-refractivity contribution in [3.63, 3.8) is 0 Å². The number of nitrogens with zero attached hydrogens (tertiary/aromatic N) is 2. The predicted molar refractivity (Wildman–Crippen MR) is 83.1 cm³/mol. The van der Waals surface area contributed by atoms with Crippen LogP contribution in [-0.4, -0.2) is 16.5 Å². The molecule has 5 nitrogen and oxygen atoms in total. The lowest BCUT2D eigenvalue weighted by Gasteiger charge is -2.16. The highest BCUT2D eigenvalue weighted by Crippen LogP contribution is 2.30. The van der Waals surface area contributed by atoms with E-state index in [1.54, 1.807) is 14.1 Å². The van der Waals surface area contributed by atoms with E-state index in [0.717, 1.165) is 22.3 Å². The molecule has 1 heterocycles. The minimum absolute atomic E-state index is 0.0932. The van der Waals surface area contributed by atoms with E-state index >= 15 is 0 Å². The van der Waals surface area contributed by atoms with E-state index in [4.69, 9.17) is 4.74 Å².